The molecule has 0 aliphatic carbocycles. The van der Waals surface area contributed by atoms with Gasteiger partial charge in [-0.05, 0) is 5.56 Å². The fourth-order valence-corrected chi connectivity index (χ4v) is 2.37. The first-order valence-corrected chi connectivity index (χ1v) is 6.55. The van der Waals surface area contributed by atoms with Crippen LogP contribution < -0.4 is 5.32 Å². The minimum absolute atomic E-state index is 0.0341. The van der Waals surface area contributed by atoms with Crippen LogP contribution in [0.1, 0.15) is 24.4 Å². The molecule has 1 saturated heterocycles. The second-order valence-electron chi connectivity index (χ2n) is 4.86. The van der Waals surface area contributed by atoms with E-state index >= 15 is 0 Å². The molecule has 1 aliphatic heterocycles. The van der Waals surface area contributed by atoms with Crippen LogP contribution in [0.4, 0.5) is 13.2 Å². The summed E-state index contributed by atoms with van der Waals surface area (Å²) in [7, 11) is 0. The maximum absolute atomic E-state index is 12.4. The molecule has 114 valence electrons. The van der Waals surface area contributed by atoms with Gasteiger partial charge in [-0.3, -0.25) is 9.59 Å². The van der Waals surface area contributed by atoms with Gasteiger partial charge in [-0.15, -0.1) is 0 Å². The predicted octanol–water partition coefficient (Wildman–Crippen LogP) is 2.03. The third-order valence-electron chi connectivity index (χ3n) is 3.29. The van der Waals surface area contributed by atoms with E-state index in [-0.39, 0.29) is 25.4 Å². The van der Waals surface area contributed by atoms with Gasteiger partial charge in [0.1, 0.15) is 6.42 Å². The summed E-state index contributed by atoms with van der Waals surface area (Å²) in [5.41, 5.74) is 0.657. The Balaban J connectivity index is 2.26. The molecule has 0 radical (unpaired) electrons. The molecule has 0 spiro atoms. The van der Waals surface area contributed by atoms with Gasteiger partial charge in [0.2, 0.25) is 11.8 Å². The molecule has 1 atom stereocenters. The molecule has 0 unspecified atom stereocenters. The van der Waals surface area contributed by atoms with Gasteiger partial charge in [-0.25, -0.2) is 0 Å². The van der Waals surface area contributed by atoms with Crippen molar-refractivity contribution in [1.29, 1.82) is 0 Å². The Bertz CT molecular complexity index is 517. The Morgan fingerprint density at radius 1 is 1.29 bits per heavy atom. The van der Waals surface area contributed by atoms with Crippen LogP contribution in [0.15, 0.2) is 30.3 Å². The van der Waals surface area contributed by atoms with E-state index in [2.05, 4.69) is 5.32 Å². The molecule has 0 bridgehead atoms. The van der Waals surface area contributed by atoms with Crippen molar-refractivity contribution in [1.82, 2.24) is 10.2 Å². The number of nitrogens with zero attached hydrogens (tertiary/aromatic N) is 1. The number of rotatable bonds is 2. The Kier molecular flexibility index (Phi) is 4.50. The lowest BCUT2D eigenvalue weighted by molar-refractivity contribution is -0.163. The van der Waals surface area contributed by atoms with Crippen molar-refractivity contribution in [2.45, 2.75) is 25.1 Å². The number of hydrogen-bond acceptors (Lipinski definition) is 2. The van der Waals surface area contributed by atoms with E-state index in [1.54, 1.807) is 30.3 Å². The van der Waals surface area contributed by atoms with E-state index in [0.29, 0.717) is 5.56 Å². The molecule has 1 fully saturated rings. The maximum atomic E-state index is 12.4. The molecular weight excluding hydrogens is 285 g/mol. The lowest BCUT2D eigenvalue weighted by Gasteiger charge is -2.30. The number of benzene rings is 1. The normalized spacial score (nSPS) is 19.9. The SMILES string of the molecule is O=C1C[C@H](c2ccccc2)N(C(=O)CC(F)(F)F)CCN1. The van der Waals surface area contributed by atoms with Gasteiger partial charge >= 0.3 is 6.18 Å². The summed E-state index contributed by atoms with van der Waals surface area (Å²) < 4.78 is 37.3. The van der Waals surface area contributed by atoms with Gasteiger partial charge in [0, 0.05) is 13.1 Å². The molecule has 7 heteroatoms. The largest absolute Gasteiger partial charge is 0.397 e. The lowest BCUT2D eigenvalue weighted by Crippen LogP contribution is -2.38. The fourth-order valence-electron chi connectivity index (χ4n) is 2.37. The van der Waals surface area contributed by atoms with Crippen molar-refractivity contribution in [2.24, 2.45) is 0 Å². The third-order valence-corrected chi connectivity index (χ3v) is 3.29. The summed E-state index contributed by atoms with van der Waals surface area (Å²) in [6.07, 6.45) is -6.10. The molecule has 21 heavy (non-hydrogen) atoms. The highest BCUT2D eigenvalue weighted by atomic mass is 19.4. The van der Waals surface area contributed by atoms with Crippen LogP contribution >= 0.6 is 0 Å². The average Bonchev–Trinajstić information content (AvgIpc) is 2.59. The maximum Gasteiger partial charge on any atom is 0.397 e. The molecule has 1 aromatic carbocycles. The fraction of sp³-hybridized carbons (Fsp3) is 0.429. The van der Waals surface area contributed by atoms with E-state index in [1.807, 2.05) is 0 Å². The van der Waals surface area contributed by atoms with Crippen LogP contribution in [-0.2, 0) is 9.59 Å². The van der Waals surface area contributed by atoms with Gasteiger partial charge in [0.25, 0.3) is 0 Å². The molecule has 4 nitrogen and oxygen atoms in total. The Labute approximate surface area is 119 Å². The van der Waals surface area contributed by atoms with E-state index in [0.717, 1.165) is 4.90 Å². The van der Waals surface area contributed by atoms with E-state index < -0.39 is 24.5 Å². The number of carbonyl (C=O) groups is 2. The van der Waals surface area contributed by atoms with Gasteiger partial charge < -0.3 is 10.2 Å². The van der Waals surface area contributed by atoms with Crippen molar-refractivity contribution in [2.75, 3.05) is 13.1 Å². The smallest absolute Gasteiger partial charge is 0.354 e. The molecular formula is C14H15F3N2O2. The zero-order valence-electron chi connectivity index (χ0n) is 11.2. The molecule has 1 N–H and O–H groups in total. The molecule has 0 aromatic heterocycles. The van der Waals surface area contributed by atoms with Crippen LogP contribution in [0.5, 0.6) is 0 Å². The highest BCUT2D eigenvalue weighted by Crippen LogP contribution is 2.29. The number of nitrogens with one attached hydrogen (secondary N) is 1. The first-order chi connectivity index (χ1) is 9.87. The number of hydrogen-bond donors (Lipinski definition) is 1. The summed E-state index contributed by atoms with van der Waals surface area (Å²) in [4.78, 5) is 24.7. The first kappa shape index (κ1) is 15.3. The van der Waals surface area contributed by atoms with Crippen molar-refractivity contribution < 1.29 is 22.8 Å². The number of carbonyl (C=O) groups excluding carboxylic acids is 2. The minimum atomic E-state index is -4.55. The Morgan fingerprint density at radius 2 is 1.95 bits per heavy atom. The lowest BCUT2D eigenvalue weighted by atomic mass is 10.0. The summed E-state index contributed by atoms with van der Waals surface area (Å²) in [6, 6.07) is 7.97. The molecule has 2 rings (SSSR count). The van der Waals surface area contributed by atoms with Crippen LogP contribution in [0, 0.1) is 0 Å². The molecule has 1 aromatic rings. The quantitative estimate of drug-likeness (QED) is 0.908. The zero-order chi connectivity index (χ0) is 15.5. The average molecular weight is 300 g/mol. The highest BCUT2D eigenvalue weighted by Gasteiger charge is 2.37. The second-order valence-corrected chi connectivity index (χ2v) is 4.86. The summed E-state index contributed by atoms with van der Waals surface area (Å²) in [6.45, 7) is 0.228. The van der Waals surface area contributed by atoms with Crippen molar-refractivity contribution in [3.8, 4) is 0 Å². The molecule has 1 aliphatic rings. The minimum Gasteiger partial charge on any atom is -0.354 e. The van der Waals surface area contributed by atoms with Crippen LogP contribution in [0.25, 0.3) is 0 Å². The van der Waals surface area contributed by atoms with Crippen molar-refractivity contribution >= 4 is 11.8 Å². The summed E-state index contributed by atoms with van der Waals surface area (Å²) >= 11 is 0. The molecule has 0 saturated carbocycles. The molecule has 1 heterocycles. The standard InChI is InChI=1S/C14H15F3N2O2/c15-14(16,17)9-13(21)19-7-6-18-12(20)8-11(19)10-4-2-1-3-5-10/h1-5,11H,6-9H2,(H,18,20)/t11-/m1/s1. The van der Waals surface area contributed by atoms with Crippen LogP contribution in [-0.4, -0.2) is 36.0 Å². The second kappa shape index (κ2) is 6.15. The number of amides is 2. The Morgan fingerprint density at radius 3 is 2.57 bits per heavy atom. The highest BCUT2D eigenvalue weighted by molar-refractivity contribution is 5.81. The van der Waals surface area contributed by atoms with E-state index in [4.69, 9.17) is 0 Å². The van der Waals surface area contributed by atoms with Gasteiger partial charge in [-0.1, -0.05) is 30.3 Å². The van der Waals surface area contributed by atoms with E-state index in [1.165, 1.54) is 0 Å². The molecule has 2 amide bonds. The van der Waals surface area contributed by atoms with Gasteiger partial charge in [0.15, 0.2) is 0 Å². The van der Waals surface area contributed by atoms with E-state index in [9.17, 15) is 22.8 Å². The monoisotopic (exact) mass is 300 g/mol. The van der Waals surface area contributed by atoms with Crippen LogP contribution in [0.3, 0.4) is 0 Å². The Hall–Kier alpha value is -2.05. The van der Waals surface area contributed by atoms with Crippen LogP contribution in [0.2, 0.25) is 0 Å². The number of halogens is 3. The number of alkyl halides is 3. The summed E-state index contributed by atoms with van der Waals surface area (Å²) in [5.74, 6) is -1.28. The predicted molar refractivity (Wildman–Crippen MR) is 69.2 cm³/mol. The van der Waals surface area contributed by atoms with Gasteiger partial charge in [0.05, 0.1) is 12.5 Å². The summed E-state index contributed by atoms with van der Waals surface area (Å²) in [5, 5.41) is 2.58. The van der Waals surface area contributed by atoms with Gasteiger partial charge in [-0.2, -0.15) is 13.2 Å². The van der Waals surface area contributed by atoms with Crippen molar-refractivity contribution in [3.63, 3.8) is 0 Å². The third kappa shape index (κ3) is 4.21. The zero-order valence-corrected chi connectivity index (χ0v) is 11.2. The van der Waals surface area contributed by atoms with Crippen molar-refractivity contribution in [3.05, 3.63) is 35.9 Å². The topological polar surface area (TPSA) is 49.4 Å². The first-order valence-electron chi connectivity index (χ1n) is 6.55.